The number of nitrogens with one attached hydrogen (secondary N) is 3. The molecule has 0 saturated carbocycles. The van der Waals surface area contributed by atoms with Gasteiger partial charge in [-0.25, -0.2) is 4.89 Å². The largest absolute Gasteiger partial charge is 0.312 e. The standard InChI is InChI=1S/C7H17N3O2/c1-8-6-4-5-11-12-7(6,9-2)10-3/h6,8-10H,4-5H2,1-3H3. The van der Waals surface area contributed by atoms with E-state index >= 15 is 0 Å². The lowest BCUT2D eigenvalue weighted by Gasteiger charge is -2.41. The molecule has 0 bridgehead atoms. The van der Waals surface area contributed by atoms with Crippen LogP contribution in [-0.4, -0.2) is 39.6 Å². The molecular weight excluding hydrogens is 158 g/mol. The molecule has 5 heteroatoms. The monoisotopic (exact) mass is 175 g/mol. The van der Waals surface area contributed by atoms with Crippen LogP contribution in [0.1, 0.15) is 6.42 Å². The fourth-order valence-electron chi connectivity index (χ4n) is 1.47. The van der Waals surface area contributed by atoms with Gasteiger partial charge in [-0.2, -0.15) is 4.89 Å². The molecule has 1 saturated heterocycles. The summed E-state index contributed by atoms with van der Waals surface area (Å²) in [5.74, 6) is -0.604. The van der Waals surface area contributed by atoms with E-state index in [1.54, 1.807) is 0 Å². The zero-order chi connectivity index (χ0) is 9.03. The molecule has 1 rings (SSSR count). The molecule has 0 aromatic carbocycles. The Morgan fingerprint density at radius 2 is 1.92 bits per heavy atom. The smallest absolute Gasteiger partial charge is 0.223 e. The van der Waals surface area contributed by atoms with Gasteiger partial charge in [0.15, 0.2) is 0 Å². The second-order valence-corrected chi connectivity index (χ2v) is 2.77. The summed E-state index contributed by atoms with van der Waals surface area (Å²) in [5.41, 5.74) is 0. The Morgan fingerprint density at radius 3 is 2.33 bits per heavy atom. The molecule has 1 unspecified atom stereocenters. The molecule has 0 aromatic heterocycles. The quantitative estimate of drug-likeness (QED) is 0.380. The fraction of sp³-hybridized carbons (Fsp3) is 1.00. The van der Waals surface area contributed by atoms with E-state index in [1.165, 1.54) is 0 Å². The third-order valence-corrected chi connectivity index (χ3v) is 2.26. The fourth-order valence-corrected chi connectivity index (χ4v) is 1.47. The maximum atomic E-state index is 5.18. The van der Waals surface area contributed by atoms with Crippen LogP contribution in [0, 0.1) is 0 Å². The molecule has 0 aromatic rings. The lowest BCUT2D eigenvalue weighted by atomic mass is 10.1. The van der Waals surface area contributed by atoms with E-state index in [1.807, 2.05) is 21.1 Å². The third kappa shape index (κ3) is 1.60. The molecule has 1 aliphatic heterocycles. The lowest BCUT2D eigenvalue weighted by molar-refractivity contribution is -0.404. The molecule has 0 aliphatic carbocycles. The first-order valence-corrected chi connectivity index (χ1v) is 4.15. The number of likely N-dealkylation sites (N-methyl/N-ethyl adjacent to an activating group) is 3. The molecule has 1 fully saturated rings. The van der Waals surface area contributed by atoms with Crippen molar-refractivity contribution < 1.29 is 9.78 Å². The number of hydrogen-bond donors (Lipinski definition) is 3. The van der Waals surface area contributed by atoms with Crippen molar-refractivity contribution in [1.29, 1.82) is 0 Å². The summed E-state index contributed by atoms with van der Waals surface area (Å²) in [6, 6.07) is 0.209. The number of hydrogen-bond acceptors (Lipinski definition) is 5. The van der Waals surface area contributed by atoms with Gasteiger partial charge in [0, 0.05) is 0 Å². The van der Waals surface area contributed by atoms with Crippen LogP contribution >= 0.6 is 0 Å². The van der Waals surface area contributed by atoms with Crippen molar-refractivity contribution >= 4 is 0 Å². The van der Waals surface area contributed by atoms with Gasteiger partial charge in [-0.1, -0.05) is 0 Å². The van der Waals surface area contributed by atoms with Gasteiger partial charge >= 0.3 is 0 Å². The first-order valence-electron chi connectivity index (χ1n) is 4.15. The van der Waals surface area contributed by atoms with Gasteiger partial charge in [-0.05, 0) is 27.6 Å². The second-order valence-electron chi connectivity index (χ2n) is 2.77. The van der Waals surface area contributed by atoms with Crippen LogP contribution in [0.15, 0.2) is 0 Å². The molecule has 0 amide bonds. The highest BCUT2D eigenvalue weighted by Gasteiger charge is 2.40. The van der Waals surface area contributed by atoms with E-state index in [0.717, 1.165) is 6.42 Å². The normalized spacial score (nSPS) is 28.8. The van der Waals surface area contributed by atoms with E-state index in [4.69, 9.17) is 9.78 Å². The molecule has 0 spiro atoms. The van der Waals surface area contributed by atoms with Gasteiger partial charge < -0.3 is 5.32 Å². The highest BCUT2D eigenvalue weighted by atomic mass is 17.2. The minimum atomic E-state index is -0.604. The van der Waals surface area contributed by atoms with E-state index in [0.29, 0.717) is 6.61 Å². The van der Waals surface area contributed by atoms with Gasteiger partial charge in [0.1, 0.15) is 0 Å². The SMILES string of the molecule is CNC1CCOOC1(NC)NC. The summed E-state index contributed by atoms with van der Waals surface area (Å²) >= 11 is 0. The summed E-state index contributed by atoms with van der Waals surface area (Å²) < 4.78 is 0. The first-order chi connectivity index (χ1) is 5.79. The Balaban J connectivity index is 2.66. The van der Waals surface area contributed by atoms with Gasteiger partial charge in [0.2, 0.25) is 5.85 Å². The molecule has 1 aliphatic rings. The average Bonchev–Trinajstić information content (AvgIpc) is 2.17. The average molecular weight is 175 g/mol. The van der Waals surface area contributed by atoms with Crippen molar-refractivity contribution in [3.05, 3.63) is 0 Å². The van der Waals surface area contributed by atoms with Crippen LogP contribution in [-0.2, 0) is 9.78 Å². The van der Waals surface area contributed by atoms with E-state index in [9.17, 15) is 0 Å². The lowest BCUT2D eigenvalue weighted by Crippen LogP contribution is -2.69. The molecule has 1 heterocycles. The molecular formula is C7H17N3O2. The summed E-state index contributed by atoms with van der Waals surface area (Å²) in [5, 5.41) is 9.26. The molecule has 3 N–H and O–H groups in total. The van der Waals surface area contributed by atoms with Gasteiger partial charge in [-0.3, -0.25) is 10.6 Å². The van der Waals surface area contributed by atoms with Crippen LogP contribution < -0.4 is 16.0 Å². The maximum Gasteiger partial charge on any atom is 0.223 e. The highest BCUT2D eigenvalue weighted by molar-refractivity contribution is 4.86. The van der Waals surface area contributed by atoms with Gasteiger partial charge in [0.05, 0.1) is 12.6 Å². The summed E-state index contributed by atoms with van der Waals surface area (Å²) in [6.45, 7) is 0.622. The summed E-state index contributed by atoms with van der Waals surface area (Å²) in [7, 11) is 5.56. The van der Waals surface area contributed by atoms with Crippen LogP contribution in [0.4, 0.5) is 0 Å². The Bertz CT molecular complexity index is 139. The molecule has 72 valence electrons. The Hall–Kier alpha value is -0.200. The Morgan fingerprint density at radius 1 is 1.25 bits per heavy atom. The minimum Gasteiger partial charge on any atom is -0.312 e. The van der Waals surface area contributed by atoms with Crippen LogP contribution in [0.2, 0.25) is 0 Å². The highest BCUT2D eigenvalue weighted by Crippen LogP contribution is 2.17. The predicted molar refractivity (Wildman–Crippen MR) is 45.4 cm³/mol. The van der Waals surface area contributed by atoms with E-state index < -0.39 is 5.85 Å². The van der Waals surface area contributed by atoms with Crippen molar-refractivity contribution in [2.75, 3.05) is 27.7 Å². The molecule has 12 heavy (non-hydrogen) atoms. The van der Waals surface area contributed by atoms with E-state index in [-0.39, 0.29) is 6.04 Å². The minimum absolute atomic E-state index is 0.209. The Labute approximate surface area is 72.7 Å². The predicted octanol–water partition coefficient (Wildman–Crippen LogP) is -0.981. The summed E-state index contributed by atoms with van der Waals surface area (Å²) in [4.78, 5) is 10.1. The molecule has 0 radical (unpaired) electrons. The van der Waals surface area contributed by atoms with Crippen molar-refractivity contribution in [2.45, 2.75) is 18.3 Å². The maximum absolute atomic E-state index is 5.18. The van der Waals surface area contributed by atoms with Gasteiger partial charge in [0.25, 0.3) is 0 Å². The zero-order valence-corrected chi connectivity index (χ0v) is 7.81. The third-order valence-electron chi connectivity index (χ3n) is 2.26. The molecule has 1 atom stereocenters. The van der Waals surface area contributed by atoms with Crippen LogP contribution in [0.25, 0.3) is 0 Å². The van der Waals surface area contributed by atoms with Crippen molar-refractivity contribution in [2.24, 2.45) is 0 Å². The first kappa shape index (κ1) is 9.88. The summed E-state index contributed by atoms with van der Waals surface area (Å²) in [6.07, 6.45) is 0.915. The topological polar surface area (TPSA) is 54.5 Å². The number of rotatable bonds is 3. The van der Waals surface area contributed by atoms with Crippen molar-refractivity contribution in [1.82, 2.24) is 16.0 Å². The van der Waals surface area contributed by atoms with Crippen LogP contribution in [0.3, 0.4) is 0 Å². The van der Waals surface area contributed by atoms with Crippen molar-refractivity contribution in [3.8, 4) is 0 Å². The van der Waals surface area contributed by atoms with Crippen molar-refractivity contribution in [3.63, 3.8) is 0 Å². The van der Waals surface area contributed by atoms with Crippen LogP contribution in [0.5, 0.6) is 0 Å². The second kappa shape index (κ2) is 4.15. The van der Waals surface area contributed by atoms with Gasteiger partial charge in [-0.15, -0.1) is 0 Å². The Kier molecular flexibility index (Phi) is 3.42. The zero-order valence-electron chi connectivity index (χ0n) is 7.81. The molecule has 5 nitrogen and oxygen atoms in total. The van der Waals surface area contributed by atoms with E-state index in [2.05, 4.69) is 16.0 Å².